The van der Waals surface area contributed by atoms with E-state index in [2.05, 4.69) is 14.7 Å². The number of hydrogen-bond donors (Lipinski definition) is 1. The molecule has 0 spiro atoms. The van der Waals surface area contributed by atoms with Gasteiger partial charge in [-0.25, -0.2) is 0 Å². The first-order chi connectivity index (χ1) is 13.1. The first-order valence-corrected chi connectivity index (χ1v) is 9.43. The molecular weight excluding hydrogens is 386 g/mol. The van der Waals surface area contributed by atoms with Crippen LogP contribution in [0, 0.1) is 0 Å². The van der Waals surface area contributed by atoms with E-state index >= 15 is 0 Å². The van der Waals surface area contributed by atoms with Gasteiger partial charge in [0.15, 0.2) is 17.3 Å². The Kier molecular flexibility index (Phi) is 6.26. The SMILES string of the molecule is CCOc1ccc(-c2nsc(NC(=O)Cc3ccc(Cl)cc3)n2)cc1OC. The summed E-state index contributed by atoms with van der Waals surface area (Å²) >= 11 is 6.98. The van der Waals surface area contributed by atoms with Crippen LogP contribution in [-0.2, 0) is 11.2 Å². The predicted octanol–water partition coefficient (Wildman–Crippen LogP) is 4.45. The zero-order chi connectivity index (χ0) is 19.2. The maximum absolute atomic E-state index is 12.2. The van der Waals surface area contributed by atoms with Crippen molar-refractivity contribution < 1.29 is 14.3 Å². The zero-order valence-corrected chi connectivity index (χ0v) is 16.4. The third-order valence-corrected chi connectivity index (χ3v) is 4.55. The monoisotopic (exact) mass is 403 g/mol. The van der Waals surface area contributed by atoms with Crippen molar-refractivity contribution in [3.63, 3.8) is 0 Å². The van der Waals surface area contributed by atoms with Gasteiger partial charge < -0.3 is 14.8 Å². The van der Waals surface area contributed by atoms with Crippen LogP contribution in [0.5, 0.6) is 11.5 Å². The molecule has 1 aromatic heterocycles. The van der Waals surface area contributed by atoms with Gasteiger partial charge in [0.2, 0.25) is 11.0 Å². The maximum Gasteiger partial charge on any atom is 0.230 e. The van der Waals surface area contributed by atoms with Gasteiger partial charge in [-0.3, -0.25) is 4.79 Å². The summed E-state index contributed by atoms with van der Waals surface area (Å²) in [5.41, 5.74) is 1.66. The number of halogens is 1. The number of rotatable bonds is 7. The Morgan fingerprint density at radius 1 is 1.19 bits per heavy atom. The van der Waals surface area contributed by atoms with Crippen molar-refractivity contribution in [3.8, 4) is 22.9 Å². The van der Waals surface area contributed by atoms with Crippen LogP contribution in [0.4, 0.5) is 5.13 Å². The first kappa shape index (κ1) is 19.1. The summed E-state index contributed by atoms with van der Waals surface area (Å²) in [4.78, 5) is 16.6. The van der Waals surface area contributed by atoms with Gasteiger partial charge in [-0.15, -0.1) is 0 Å². The lowest BCUT2D eigenvalue weighted by molar-refractivity contribution is -0.115. The highest BCUT2D eigenvalue weighted by atomic mass is 35.5. The van der Waals surface area contributed by atoms with E-state index in [0.29, 0.717) is 34.1 Å². The summed E-state index contributed by atoms with van der Waals surface area (Å²) in [6.07, 6.45) is 0.239. The summed E-state index contributed by atoms with van der Waals surface area (Å²) in [6.45, 7) is 2.46. The van der Waals surface area contributed by atoms with Gasteiger partial charge in [0.25, 0.3) is 0 Å². The molecule has 140 valence electrons. The number of methoxy groups -OCH3 is 1. The minimum absolute atomic E-state index is 0.163. The molecular formula is C19H18ClN3O3S. The number of ether oxygens (including phenoxy) is 2. The number of aromatic nitrogens is 2. The van der Waals surface area contributed by atoms with Gasteiger partial charge in [0.1, 0.15) is 0 Å². The fraction of sp³-hybridized carbons (Fsp3) is 0.211. The largest absolute Gasteiger partial charge is 0.493 e. The molecule has 0 radical (unpaired) electrons. The fourth-order valence-corrected chi connectivity index (χ4v) is 3.16. The second-order valence-corrected chi connectivity index (χ2v) is 6.76. The van der Waals surface area contributed by atoms with Crippen LogP contribution in [0.1, 0.15) is 12.5 Å². The van der Waals surface area contributed by atoms with E-state index in [1.807, 2.05) is 37.3 Å². The molecule has 0 saturated carbocycles. The van der Waals surface area contributed by atoms with E-state index in [0.717, 1.165) is 22.7 Å². The zero-order valence-electron chi connectivity index (χ0n) is 14.9. The summed E-state index contributed by atoms with van der Waals surface area (Å²) < 4.78 is 15.2. The number of hydrogen-bond acceptors (Lipinski definition) is 6. The van der Waals surface area contributed by atoms with E-state index in [-0.39, 0.29) is 12.3 Å². The molecule has 8 heteroatoms. The third kappa shape index (κ3) is 4.96. The number of carbonyl (C=O) groups is 1. The lowest BCUT2D eigenvalue weighted by Crippen LogP contribution is -2.14. The van der Waals surface area contributed by atoms with Crippen molar-refractivity contribution in [2.75, 3.05) is 19.0 Å². The smallest absolute Gasteiger partial charge is 0.230 e. The molecule has 1 N–H and O–H groups in total. The van der Waals surface area contributed by atoms with Crippen molar-refractivity contribution in [2.45, 2.75) is 13.3 Å². The molecule has 1 amide bonds. The quantitative estimate of drug-likeness (QED) is 0.631. The lowest BCUT2D eigenvalue weighted by atomic mass is 10.1. The lowest BCUT2D eigenvalue weighted by Gasteiger charge is -2.09. The number of carbonyl (C=O) groups excluding carboxylic acids is 1. The van der Waals surface area contributed by atoms with Crippen LogP contribution < -0.4 is 14.8 Å². The van der Waals surface area contributed by atoms with Crippen LogP contribution in [-0.4, -0.2) is 29.0 Å². The van der Waals surface area contributed by atoms with Crippen molar-refractivity contribution >= 4 is 34.2 Å². The van der Waals surface area contributed by atoms with Gasteiger partial charge >= 0.3 is 0 Å². The molecule has 0 unspecified atom stereocenters. The average molecular weight is 404 g/mol. The Bertz CT molecular complexity index is 928. The molecule has 0 saturated heterocycles. The molecule has 0 aliphatic rings. The van der Waals surface area contributed by atoms with E-state index in [4.69, 9.17) is 21.1 Å². The second-order valence-electron chi connectivity index (χ2n) is 5.57. The molecule has 6 nitrogen and oxygen atoms in total. The normalized spacial score (nSPS) is 10.5. The summed E-state index contributed by atoms with van der Waals surface area (Å²) in [5, 5.41) is 3.85. The van der Waals surface area contributed by atoms with Gasteiger partial charge in [-0.05, 0) is 42.8 Å². The fourth-order valence-electron chi connectivity index (χ4n) is 2.42. The maximum atomic E-state index is 12.2. The van der Waals surface area contributed by atoms with Crippen LogP contribution in [0.2, 0.25) is 5.02 Å². The number of nitrogens with one attached hydrogen (secondary N) is 1. The highest BCUT2D eigenvalue weighted by Crippen LogP contribution is 2.32. The minimum Gasteiger partial charge on any atom is -0.493 e. The van der Waals surface area contributed by atoms with Crippen molar-refractivity contribution in [1.29, 1.82) is 0 Å². The molecule has 0 aliphatic heterocycles. The molecule has 3 rings (SSSR count). The van der Waals surface area contributed by atoms with Gasteiger partial charge in [0.05, 0.1) is 20.1 Å². The van der Waals surface area contributed by atoms with E-state index in [1.54, 1.807) is 19.2 Å². The molecule has 0 aliphatic carbocycles. The molecule has 1 heterocycles. The number of amides is 1. The first-order valence-electron chi connectivity index (χ1n) is 8.28. The average Bonchev–Trinajstić information content (AvgIpc) is 3.12. The molecule has 0 fully saturated rings. The highest BCUT2D eigenvalue weighted by molar-refractivity contribution is 7.10. The molecule has 27 heavy (non-hydrogen) atoms. The second kappa shape index (κ2) is 8.83. The van der Waals surface area contributed by atoms with Crippen LogP contribution in [0.25, 0.3) is 11.4 Å². The van der Waals surface area contributed by atoms with Gasteiger partial charge in [-0.2, -0.15) is 9.36 Å². The molecule has 3 aromatic rings. The summed E-state index contributed by atoms with van der Waals surface area (Å²) in [6, 6.07) is 12.6. The summed E-state index contributed by atoms with van der Waals surface area (Å²) in [5.74, 6) is 1.63. The van der Waals surface area contributed by atoms with E-state index in [9.17, 15) is 4.79 Å². The summed E-state index contributed by atoms with van der Waals surface area (Å²) in [7, 11) is 1.58. The molecule has 0 bridgehead atoms. The molecule has 0 atom stereocenters. The Labute approximate surface area is 166 Å². The van der Waals surface area contributed by atoms with Crippen molar-refractivity contribution in [2.24, 2.45) is 0 Å². The van der Waals surface area contributed by atoms with Crippen molar-refractivity contribution in [1.82, 2.24) is 9.36 Å². The Morgan fingerprint density at radius 3 is 2.67 bits per heavy atom. The Morgan fingerprint density at radius 2 is 1.96 bits per heavy atom. The topological polar surface area (TPSA) is 73.3 Å². The van der Waals surface area contributed by atoms with Crippen LogP contribution >= 0.6 is 23.1 Å². The minimum atomic E-state index is -0.163. The van der Waals surface area contributed by atoms with Gasteiger partial charge in [0, 0.05) is 22.1 Å². The van der Waals surface area contributed by atoms with Crippen molar-refractivity contribution in [3.05, 3.63) is 53.1 Å². The van der Waals surface area contributed by atoms with Crippen LogP contribution in [0.15, 0.2) is 42.5 Å². The van der Waals surface area contributed by atoms with E-state index in [1.165, 1.54) is 0 Å². The number of anilines is 1. The number of nitrogens with zero attached hydrogens (tertiary/aromatic N) is 2. The highest BCUT2D eigenvalue weighted by Gasteiger charge is 2.13. The van der Waals surface area contributed by atoms with Crippen LogP contribution in [0.3, 0.4) is 0 Å². The molecule has 2 aromatic carbocycles. The Hall–Kier alpha value is -2.64. The standard InChI is InChI=1S/C19H18ClN3O3S/c1-3-26-15-9-6-13(11-16(15)25-2)18-22-19(27-23-18)21-17(24)10-12-4-7-14(20)8-5-12/h4-9,11H,3,10H2,1-2H3,(H,21,22,23,24). The van der Waals surface area contributed by atoms with Gasteiger partial charge in [-0.1, -0.05) is 23.7 Å². The van der Waals surface area contributed by atoms with E-state index < -0.39 is 0 Å². The Balaban J connectivity index is 1.69. The number of benzene rings is 2. The predicted molar refractivity (Wildman–Crippen MR) is 107 cm³/mol. The third-order valence-electron chi connectivity index (χ3n) is 3.67.